The van der Waals surface area contributed by atoms with Crippen molar-refractivity contribution in [1.82, 2.24) is 4.98 Å². The van der Waals surface area contributed by atoms with Gasteiger partial charge in [0, 0.05) is 29.4 Å². The van der Waals surface area contributed by atoms with Crippen LogP contribution in [-0.4, -0.2) is 12.0 Å². The number of anilines is 1. The predicted molar refractivity (Wildman–Crippen MR) is 64.2 cm³/mol. The Bertz CT molecular complexity index is 469. The topological polar surface area (TPSA) is 24.9 Å². The third-order valence-electron chi connectivity index (χ3n) is 2.25. The summed E-state index contributed by atoms with van der Waals surface area (Å²) in [6, 6.07) is 9.73. The van der Waals surface area contributed by atoms with E-state index in [9.17, 15) is 0 Å². The van der Waals surface area contributed by atoms with Crippen LogP contribution in [0.5, 0.6) is 0 Å². The van der Waals surface area contributed by atoms with Gasteiger partial charge in [0.1, 0.15) is 0 Å². The van der Waals surface area contributed by atoms with Gasteiger partial charge >= 0.3 is 0 Å². The number of nitrogens with zero attached hydrogens (tertiary/aromatic N) is 1. The summed E-state index contributed by atoms with van der Waals surface area (Å²) < 4.78 is 0. The fourth-order valence-electron chi connectivity index (χ4n) is 1.51. The highest BCUT2D eigenvalue weighted by atomic mass is 35.5. The molecule has 76 valence electrons. The summed E-state index contributed by atoms with van der Waals surface area (Å²) in [5.41, 5.74) is 3.06. The lowest BCUT2D eigenvalue weighted by Crippen LogP contribution is -1.92. The fourth-order valence-corrected chi connectivity index (χ4v) is 1.75. The van der Waals surface area contributed by atoms with E-state index < -0.39 is 0 Å². The SMILES string of the molecule is CNc1cnccc1-c1ccccc1Cl. The Labute approximate surface area is 93.9 Å². The van der Waals surface area contributed by atoms with E-state index in [0.717, 1.165) is 21.8 Å². The molecule has 2 nitrogen and oxygen atoms in total. The van der Waals surface area contributed by atoms with E-state index in [1.807, 2.05) is 37.4 Å². The Balaban J connectivity index is 2.59. The molecule has 0 aliphatic heterocycles. The number of benzene rings is 1. The van der Waals surface area contributed by atoms with Gasteiger partial charge in [0.15, 0.2) is 0 Å². The monoisotopic (exact) mass is 218 g/mol. The molecule has 0 spiro atoms. The number of hydrogen-bond acceptors (Lipinski definition) is 2. The summed E-state index contributed by atoms with van der Waals surface area (Å²) in [6.07, 6.45) is 3.55. The third kappa shape index (κ3) is 1.95. The van der Waals surface area contributed by atoms with Gasteiger partial charge in [-0.05, 0) is 12.1 Å². The molecule has 0 radical (unpaired) electrons. The first-order valence-electron chi connectivity index (χ1n) is 4.69. The highest BCUT2D eigenvalue weighted by molar-refractivity contribution is 6.33. The molecule has 0 saturated carbocycles. The highest BCUT2D eigenvalue weighted by Crippen LogP contribution is 2.32. The molecule has 1 aromatic heterocycles. The maximum absolute atomic E-state index is 6.14. The minimum atomic E-state index is 0.750. The van der Waals surface area contributed by atoms with Crippen molar-refractivity contribution in [2.24, 2.45) is 0 Å². The normalized spacial score (nSPS) is 10.0. The van der Waals surface area contributed by atoms with E-state index in [1.165, 1.54) is 0 Å². The molecule has 0 amide bonds. The molecular weight excluding hydrogens is 208 g/mol. The van der Waals surface area contributed by atoms with Crippen LogP contribution in [0.4, 0.5) is 5.69 Å². The van der Waals surface area contributed by atoms with Crippen molar-refractivity contribution in [1.29, 1.82) is 0 Å². The predicted octanol–water partition coefficient (Wildman–Crippen LogP) is 3.44. The van der Waals surface area contributed by atoms with Crippen LogP contribution in [-0.2, 0) is 0 Å². The number of nitrogens with one attached hydrogen (secondary N) is 1. The van der Waals surface area contributed by atoms with Crippen LogP contribution in [0.3, 0.4) is 0 Å². The fraction of sp³-hybridized carbons (Fsp3) is 0.0833. The van der Waals surface area contributed by atoms with Crippen molar-refractivity contribution in [2.75, 3.05) is 12.4 Å². The Morgan fingerprint density at radius 1 is 1.13 bits per heavy atom. The van der Waals surface area contributed by atoms with E-state index in [0.29, 0.717) is 0 Å². The molecule has 0 saturated heterocycles. The lowest BCUT2D eigenvalue weighted by molar-refractivity contribution is 1.31. The van der Waals surface area contributed by atoms with Gasteiger partial charge in [-0.25, -0.2) is 0 Å². The first-order valence-corrected chi connectivity index (χ1v) is 5.07. The molecule has 0 aliphatic rings. The average molecular weight is 219 g/mol. The standard InChI is InChI=1S/C12H11ClN2/c1-14-12-8-15-7-6-10(12)9-4-2-3-5-11(9)13/h2-8,14H,1H3. The van der Waals surface area contributed by atoms with Crippen LogP contribution >= 0.6 is 11.6 Å². The molecule has 0 fully saturated rings. The van der Waals surface area contributed by atoms with Crippen LogP contribution in [0, 0.1) is 0 Å². The minimum Gasteiger partial charge on any atom is -0.386 e. The summed E-state index contributed by atoms with van der Waals surface area (Å²) >= 11 is 6.14. The van der Waals surface area contributed by atoms with E-state index >= 15 is 0 Å². The molecule has 1 aromatic carbocycles. The van der Waals surface area contributed by atoms with Gasteiger partial charge in [-0.15, -0.1) is 0 Å². The Hall–Kier alpha value is -1.54. The molecular formula is C12H11ClN2. The molecule has 1 N–H and O–H groups in total. The third-order valence-corrected chi connectivity index (χ3v) is 2.58. The van der Waals surface area contributed by atoms with Gasteiger partial charge in [0.25, 0.3) is 0 Å². The van der Waals surface area contributed by atoms with E-state index in [4.69, 9.17) is 11.6 Å². The second-order valence-corrected chi connectivity index (χ2v) is 3.56. The van der Waals surface area contributed by atoms with Gasteiger partial charge in [0.2, 0.25) is 0 Å². The smallest absolute Gasteiger partial charge is 0.0604 e. The Morgan fingerprint density at radius 2 is 1.93 bits per heavy atom. The minimum absolute atomic E-state index is 0.750. The summed E-state index contributed by atoms with van der Waals surface area (Å²) in [7, 11) is 1.87. The molecule has 2 aromatic rings. The number of pyridine rings is 1. The zero-order chi connectivity index (χ0) is 10.7. The van der Waals surface area contributed by atoms with Crippen LogP contribution in [0.1, 0.15) is 0 Å². The largest absolute Gasteiger partial charge is 0.386 e. The second-order valence-electron chi connectivity index (χ2n) is 3.15. The van der Waals surface area contributed by atoms with Crippen molar-refractivity contribution in [3.05, 3.63) is 47.7 Å². The molecule has 2 rings (SSSR count). The Morgan fingerprint density at radius 3 is 2.67 bits per heavy atom. The summed E-state index contributed by atoms with van der Waals surface area (Å²) in [5.74, 6) is 0. The zero-order valence-corrected chi connectivity index (χ0v) is 9.12. The van der Waals surface area contributed by atoms with E-state index in [1.54, 1.807) is 12.4 Å². The summed E-state index contributed by atoms with van der Waals surface area (Å²) in [4.78, 5) is 4.07. The quantitative estimate of drug-likeness (QED) is 0.835. The molecule has 0 atom stereocenters. The first kappa shape index (κ1) is 9.99. The van der Waals surface area contributed by atoms with Crippen LogP contribution in [0.25, 0.3) is 11.1 Å². The maximum Gasteiger partial charge on any atom is 0.0604 e. The molecule has 0 unspecified atom stereocenters. The molecule has 1 heterocycles. The van der Waals surface area contributed by atoms with Crippen molar-refractivity contribution < 1.29 is 0 Å². The zero-order valence-electron chi connectivity index (χ0n) is 8.37. The van der Waals surface area contributed by atoms with Gasteiger partial charge in [-0.2, -0.15) is 0 Å². The summed E-state index contributed by atoms with van der Waals surface area (Å²) in [6.45, 7) is 0. The maximum atomic E-state index is 6.14. The average Bonchev–Trinajstić information content (AvgIpc) is 2.30. The van der Waals surface area contributed by atoms with Crippen molar-refractivity contribution in [3.8, 4) is 11.1 Å². The van der Waals surface area contributed by atoms with Crippen LogP contribution in [0.15, 0.2) is 42.7 Å². The number of rotatable bonds is 2. The van der Waals surface area contributed by atoms with Crippen molar-refractivity contribution in [3.63, 3.8) is 0 Å². The Kier molecular flexibility index (Phi) is 2.88. The van der Waals surface area contributed by atoms with Crippen LogP contribution < -0.4 is 5.32 Å². The van der Waals surface area contributed by atoms with Gasteiger partial charge in [-0.1, -0.05) is 29.8 Å². The summed E-state index contributed by atoms with van der Waals surface area (Å²) in [5, 5.41) is 3.85. The molecule has 0 aliphatic carbocycles. The highest BCUT2D eigenvalue weighted by Gasteiger charge is 2.06. The second kappa shape index (κ2) is 4.32. The van der Waals surface area contributed by atoms with Gasteiger partial charge in [-0.3, -0.25) is 4.98 Å². The van der Waals surface area contributed by atoms with Crippen molar-refractivity contribution >= 4 is 17.3 Å². The van der Waals surface area contributed by atoms with E-state index in [-0.39, 0.29) is 0 Å². The molecule has 0 bridgehead atoms. The molecule has 3 heteroatoms. The number of aromatic nitrogens is 1. The number of halogens is 1. The van der Waals surface area contributed by atoms with Crippen molar-refractivity contribution in [2.45, 2.75) is 0 Å². The molecule has 15 heavy (non-hydrogen) atoms. The lowest BCUT2D eigenvalue weighted by atomic mass is 10.1. The first-order chi connectivity index (χ1) is 7.33. The van der Waals surface area contributed by atoms with Gasteiger partial charge in [0.05, 0.1) is 11.9 Å². The number of hydrogen-bond donors (Lipinski definition) is 1. The van der Waals surface area contributed by atoms with Crippen LogP contribution in [0.2, 0.25) is 5.02 Å². The lowest BCUT2D eigenvalue weighted by Gasteiger charge is -2.09. The van der Waals surface area contributed by atoms with E-state index in [2.05, 4.69) is 10.3 Å². The van der Waals surface area contributed by atoms with Gasteiger partial charge < -0.3 is 5.32 Å².